The summed E-state index contributed by atoms with van der Waals surface area (Å²) in [6, 6.07) is 17.3. The fourth-order valence-electron chi connectivity index (χ4n) is 3.70. The Labute approximate surface area is 198 Å². The average molecular weight is 487 g/mol. The molecule has 3 aromatic carbocycles. The molecule has 3 nitrogen and oxygen atoms in total. The van der Waals surface area contributed by atoms with Gasteiger partial charge in [0.1, 0.15) is 5.82 Å². The second kappa shape index (κ2) is 9.62. The van der Waals surface area contributed by atoms with E-state index in [0.717, 1.165) is 16.5 Å². The molecule has 32 heavy (non-hydrogen) atoms. The van der Waals surface area contributed by atoms with Gasteiger partial charge in [-0.25, -0.2) is 9.37 Å². The normalized spacial score (nSPS) is 11.3. The number of ether oxygens (including phenoxy) is 1. The first-order valence-corrected chi connectivity index (χ1v) is 13.1. The molecule has 0 spiro atoms. The van der Waals surface area contributed by atoms with Crippen molar-refractivity contribution in [1.29, 1.82) is 0 Å². The zero-order valence-corrected chi connectivity index (χ0v) is 20.1. The number of pyridine rings is 1. The molecule has 0 aliphatic rings. The molecule has 7 heteroatoms. The van der Waals surface area contributed by atoms with Gasteiger partial charge in [0.25, 0.3) is 0 Å². The lowest BCUT2D eigenvalue weighted by Gasteiger charge is -2.15. The maximum absolute atomic E-state index is 13.8. The molecule has 1 heterocycles. The van der Waals surface area contributed by atoms with Gasteiger partial charge in [0.05, 0.1) is 11.6 Å². The Morgan fingerprint density at radius 2 is 1.78 bits per heavy atom. The van der Waals surface area contributed by atoms with E-state index in [-0.39, 0.29) is 25.4 Å². The molecule has 0 bridgehead atoms. The van der Waals surface area contributed by atoms with Gasteiger partial charge in [-0.2, -0.15) is 0 Å². The van der Waals surface area contributed by atoms with Gasteiger partial charge in [0.15, 0.2) is 11.6 Å². The van der Waals surface area contributed by atoms with Crippen molar-refractivity contribution in [1.82, 2.24) is 4.98 Å². The Morgan fingerprint density at radius 1 is 1.03 bits per heavy atom. The third kappa shape index (κ3) is 4.54. The van der Waals surface area contributed by atoms with Crippen molar-refractivity contribution in [2.24, 2.45) is 0 Å². The SMILES string of the molecule is CP(C)c1ccc(-c2cnc(N)c(OCCc3c(Cl)ccc(F)c3Cl)c2)c2ccccc12. The summed E-state index contributed by atoms with van der Waals surface area (Å²) in [6.07, 6.45) is 2.10. The predicted octanol–water partition coefficient (Wildman–Crippen LogP) is 6.92. The number of nitrogens with two attached hydrogens (primary N) is 1. The van der Waals surface area contributed by atoms with Gasteiger partial charge < -0.3 is 10.5 Å². The molecule has 1 aromatic heterocycles. The van der Waals surface area contributed by atoms with Crippen LogP contribution in [-0.2, 0) is 6.42 Å². The van der Waals surface area contributed by atoms with Crippen LogP contribution in [0.25, 0.3) is 21.9 Å². The van der Waals surface area contributed by atoms with Crippen LogP contribution in [0.2, 0.25) is 10.0 Å². The zero-order valence-electron chi connectivity index (χ0n) is 17.7. The fraction of sp³-hybridized carbons (Fsp3) is 0.160. The predicted molar refractivity (Wildman–Crippen MR) is 136 cm³/mol. The highest BCUT2D eigenvalue weighted by Gasteiger charge is 2.14. The minimum atomic E-state index is -0.507. The summed E-state index contributed by atoms with van der Waals surface area (Å²) in [5.74, 6) is 0.247. The van der Waals surface area contributed by atoms with Gasteiger partial charge in [-0.3, -0.25) is 0 Å². The molecule has 0 aliphatic heterocycles. The second-order valence-corrected chi connectivity index (χ2v) is 10.7. The standard InChI is InChI=1S/C25H22Cl2FN2OP/c1-32(2)23-10-7-16(17-5-3-4-6-18(17)23)15-13-22(25(29)30-14-15)31-12-11-19-20(26)8-9-21(28)24(19)27/h3-10,13-14H,11-12H2,1-2H3,(H2,29,30). The summed E-state index contributed by atoms with van der Waals surface area (Å²) >= 11 is 12.2. The van der Waals surface area contributed by atoms with E-state index in [4.69, 9.17) is 33.7 Å². The Morgan fingerprint density at radius 3 is 2.53 bits per heavy atom. The second-order valence-electron chi connectivity index (χ2n) is 7.60. The van der Waals surface area contributed by atoms with Crippen LogP contribution in [0.1, 0.15) is 5.56 Å². The number of rotatable bonds is 6. The average Bonchev–Trinajstić information content (AvgIpc) is 2.79. The van der Waals surface area contributed by atoms with Crippen LogP contribution < -0.4 is 15.8 Å². The summed E-state index contributed by atoms with van der Waals surface area (Å²) in [5, 5.41) is 4.19. The summed E-state index contributed by atoms with van der Waals surface area (Å²) < 4.78 is 19.7. The van der Waals surface area contributed by atoms with E-state index in [9.17, 15) is 4.39 Å². The van der Waals surface area contributed by atoms with Crippen LogP contribution >= 0.6 is 31.1 Å². The third-order valence-corrected chi connectivity index (χ3v) is 7.44. The van der Waals surface area contributed by atoms with E-state index >= 15 is 0 Å². The van der Waals surface area contributed by atoms with E-state index in [1.807, 2.05) is 12.1 Å². The van der Waals surface area contributed by atoms with E-state index in [2.05, 4.69) is 48.6 Å². The zero-order chi connectivity index (χ0) is 22.8. The van der Waals surface area contributed by atoms with Crippen molar-refractivity contribution in [2.75, 3.05) is 25.7 Å². The first-order valence-electron chi connectivity index (χ1n) is 10.1. The number of halogens is 3. The van der Waals surface area contributed by atoms with Crippen molar-refractivity contribution in [3.63, 3.8) is 0 Å². The molecule has 0 aliphatic carbocycles. The van der Waals surface area contributed by atoms with Crippen molar-refractivity contribution >= 4 is 53.0 Å². The van der Waals surface area contributed by atoms with Gasteiger partial charge in [-0.15, -0.1) is 0 Å². The highest BCUT2D eigenvalue weighted by atomic mass is 35.5. The molecule has 0 atom stereocenters. The lowest BCUT2D eigenvalue weighted by Crippen LogP contribution is -2.06. The van der Waals surface area contributed by atoms with E-state index in [1.54, 1.807) is 6.20 Å². The number of benzene rings is 3. The van der Waals surface area contributed by atoms with Crippen molar-refractivity contribution in [3.8, 4) is 16.9 Å². The number of hydrogen-bond acceptors (Lipinski definition) is 3. The minimum absolute atomic E-state index is 0.0133. The lowest BCUT2D eigenvalue weighted by molar-refractivity contribution is 0.322. The van der Waals surface area contributed by atoms with Crippen LogP contribution in [-0.4, -0.2) is 24.9 Å². The molecule has 0 amide bonds. The van der Waals surface area contributed by atoms with Crippen molar-refractivity contribution in [2.45, 2.75) is 6.42 Å². The van der Waals surface area contributed by atoms with E-state index in [1.165, 1.54) is 22.8 Å². The van der Waals surface area contributed by atoms with Crippen LogP contribution in [0.3, 0.4) is 0 Å². The number of fused-ring (bicyclic) bond motifs is 1. The maximum Gasteiger partial charge on any atom is 0.166 e. The number of nitrogen functional groups attached to an aromatic ring is 1. The maximum atomic E-state index is 13.8. The largest absolute Gasteiger partial charge is 0.489 e. The molecule has 0 unspecified atom stereocenters. The number of aromatic nitrogens is 1. The fourth-order valence-corrected chi connectivity index (χ4v) is 5.31. The van der Waals surface area contributed by atoms with Crippen LogP contribution in [0, 0.1) is 5.82 Å². The summed E-state index contributed by atoms with van der Waals surface area (Å²) in [6.45, 7) is 4.74. The third-order valence-electron chi connectivity index (χ3n) is 5.32. The highest BCUT2D eigenvalue weighted by Crippen LogP contribution is 2.36. The number of hydrogen-bond donors (Lipinski definition) is 1. The molecular formula is C25H22Cl2FN2OP. The van der Waals surface area contributed by atoms with Crippen molar-refractivity contribution < 1.29 is 9.13 Å². The summed E-state index contributed by atoms with van der Waals surface area (Å²) in [5.41, 5.74) is 8.55. The van der Waals surface area contributed by atoms with Gasteiger partial charge >= 0.3 is 0 Å². The summed E-state index contributed by atoms with van der Waals surface area (Å²) in [7, 11) is -0.235. The van der Waals surface area contributed by atoms with Crippen LogP contribution in [0.15, 0.2) is 60.8 Å². The monoisotopic (exact) mass is 486 g/mol. The first-order chi connectivity index (χ1) is 15.4. The quantitative estimate of drug-likeness (QED) is 0.237. The van der Waals surface area contributed by atoms with E-state index in [0.29, 0.717) is 22.8 Å². The Hall–Kier alpha value is -2.39. The van der Waals surface area contributed by atoms with Crippen LogP contribution in [0.5, 0.6) is 5.75 Å². The molecule has 0 radical (unpaired) electrons. The van der Waals surface area contributed by atoms with E-state index < -0.39 is 5.82 Å². The topological polar surface area (TPSA) is 48.1 Å². The Bertz CT molecular complexity index is 1300. The highest BCUT2D eigenvalue weighted by molar-refractivity contribution is 7.64. The Balaban J connectivity index is 1.63. The smallest absolute Gasteiger partial charge is 0.166 e. The van der Waals surface area contributed by atoms with Gasteiger partial charge in [0, 0.05) is 23.2 Å². The van der Waals surface area contributed by atoms with Crippen LogP contribution in [0.4, 0.5) is 10.2 Å². The van der Waals surface area contributed by atoms with Gasteiger partial charge in [-0.05, 0) is 58.7 Å². The summed E-state index contributed by atoms with van der Waals surface area (Å²) in [4.78, 5) is 4.34. The van der Waals surface area contributed by atoms with Gasteiger partial charge in [-0.1, -0.05) is 67.5 Å². The molecule has 0 saturated carbocycles. The Kier molecular flexibility index (Phi) is 6.85. The number of anilines is 1. The molecule has 4 aromatic rings. The number of nitrogens with zero attached hydrogens (tertiary/aromatic N) is 1. The lowest BCUT2D eigenvalue weighted by atomic mass is 9.99. The van der Waals surface area contributed by atoms with Gasteiger partial charge in [0.2, 0.25) is 0 Å². The molecule has 0 saturated heterocycles. The minimum Gasteiger partial charge on any atom is -0.489 e. The van der Waals surface area contributed by atoms with Crippen molar-refractivity contribution in [3.05, 3.63) is 82.2 Å². The molecule has 4 rings (SSSR count). The molecule has 0 fully saturated rings. The molecule has 164 valence electrons. The molecular weight excluding hydrogens is 465 g/mol. The molecule has 2 N–H and O–H groups in total. The first kappa shape index (κ1) is 22.8.